The van der Waals surface area contributed by atoms with Crippen LogP contribution in [0.4, 0.5) is 0 Å². The maximum absolute atomic E-state index is 13.0. The van der Waals surface area contributed by atoms with Crippen LogP contribution in [0.5, 0.6) is 0 Å². The average Bonchev–Trinajstić information content (AvgIpc) is 3.05. The van der Waals surface area contributed by atoms with Crippen LogP contribution >= 0.6 is 11.6 Å². The van der Waals surface area contributed by atoms with Gasteiger partial charge >= 0.3 is 0 Å². The summed E-state index contributed by atoms with van der Waals surface area (Å²) in [5, 5.41) is 5.26. The van der Waals surface area contributed by atoms with E-state index in [9.17, 15) is 4.79 Å². The van der Waals surface area contributed by atoms with E-state index in [2.05, 4.69) is 21.9 Å². The molecule has 0 spiro atoms. The number of aromatic amines is 1. The lowest BCUT2D eigenvalue weighted by Crippen LogP contribution is -2.14. The minimum Gasteiger partial charge on any atom is -0.364 e. The van der Waals surface area contributed by atoms with E-state index < -0.39 is 0 Å². The van der Waals surface area contributed by atoms with Crippen molar-refractivity contribution in [3.05, 3.63) is 81.4 Å². The van der Waals surface area contributed by atoms with Gasteiger partial charge in [-0.25, -0.2) is 0 Å². The highest BCUT2D eigenvalue weighted by atomic mass is 35.5. The van der Waals surface area contributed by atoms with Gasteiger partial charge in [0, 0.05) is 28.0 Å². The molecule has 2 aromatic rings. The summed E-state index contributed by atoms with van der Waals surface area (Å²) in [7, 11) is 3.98. The fraction of sp³-hybridized carbons (Fsp3) is 0.167. The zero-order valence-corrected chi connectivity index (χ0v) is 17.8. The Bertz CT molecular complexity index is 1270. The Morgan fingerprint density at radius 2 is 1.80 bits per heavy atom. The van der Waals surface area contributed by atoms with Crippen LogP contribution in [0.25, 0.3) is 28.1 Å². The van der Waals surface area contributed by atoms with Crippen LogP contribution in [0.1, 0.15) is 11.3 Å². The van der Waals surface area contributed by atoms with E-state index in [1.807, 2.05) is 50.2 Å². The van der Waals surface area contributed by atoms with Crippen LogP contribution < -0.4 is 5.56 Å². The second kappa shape index (κ2) is 8.19. The summed E-state index contributed by atoms with van der Waals surface area (Å²) in [5.41, 5.74) is 5.49. The Morgan fingerprint density at radius 3 is 2.47 bits per heavy atom. The number of aryl methyl sites for hydroxylation is 1. The second-order valence-corrected chi connectivity index (χ2v) is 7.80. The Hall–Kier alpha value is -3.33. The van der Waals surface area contributed by atoms with Crippen molar-refractivity contribution in [3.63, 3.8) is 0 Å². The summed E-state index contributed by atoms with van der Waals surface area (Å²) >= 11 is 5.98. The van der Waals surface area contributed by atoms with Crippen molar-refractivity contribution in [3.8, 4) is 39.9 Å². The van der Waals surface area contributed by atoms with E-state index in [0.717, 1.165) is 22.4 Å². The van der Waals surface area contributed by atoms with Gasteiger partial charge in [0.05, 0.1) is 17.8 Å². The average molecular weight is 417 g/mol. The maximum Gasteiger partial charge on any atom is 0.282 e. The molecule has 0 unspecified atom stereocenters. The predicted molar refractivity (Wildman–Crippen MR) is 121 cm³/mol. The van der Waals surface area contributed by atoms with E-state index >= 15 is 0 Å². The summed E-state index contributed by atoms with van der Waals surface area (Å²) in [4.78, 5) is 18.2. The van der Waals surface area contributed by atoms with Gasteiger partial charge in [-0.3, -0.25) is 9.69 Å². The van der Waals surface area contributed by atoms with Gasteiger partial charge in [0.25, 0.3) is 5.56 Å². The molecule has 30 heavy (non-hydrogen) atoms. The Balaban J connectivity index is 1.78. The van der Waals surface area contributed by atoms with Crippen LogP contribution in [0.2, 0.25) is 5.02 Å². The third kappa shape index (κ3) is 3.88. The van der Waals surface area contributed by atoms with Gasteiger partial charge in [-0.1, -0.05) is 35.6 Å². The molecule has 2 aromatic carbocycles. The summed E-state index contributed by atoms with van der Waals surface area (Å²) in [6.45, 7) is 2.69. The van der Waals surface area contributed by atoms with E-state index in [1.54, 1.807) is 30.5 Å². The van der Waals surface area contributed by atoms with Crippen LogP contribution in [0.15, 0.2) is 59.5 Å². The van der Waals surface area contributed by atoms with E-state index in [4.69, 9.17) is 11.6 Å². The zero-order chi connectivity index (χ0) is 21.3. The number of pyridine rings is 1. The number of halogens is 1. The van der Waals surface area contributed by atoms with Crippen molar-refractivity contribution < 1.29 is 0 Å². The largest absolute Gasteiger partial charge is 0.364 e. The number of aromatic nitrogens is 3. The lowest BCUT2D eigenvalue weighted by molar-refractivity contribution is 0.464. The molecule has 2 heterocycles. The van der Waals surface area contributed by atoms with E-state index in [0.29, 0.717) is 28.5 Å². The molecule has 2 aliphatic rings. The number of benzene rings is 2. The van der Waals surface area contributed by atoms with Gasteiger partial charge < -0.3 is 4.98 Å². The number of hydrogen-bond donors (Lipinski definition) is 1. The first-order valence-corrected chi connectivity index (χ1v) is 9.93. The molecule has 0 amide bonds. The van der Waals surface area contributed by atoms with Crippen molar-refractivity contribution >= 4 is 11.6 Å². The fourth-order valence-corrected chi connectivity index (χ4v) is 3.42. The molecule has 0 aromatic heterocycles. The quantitative estimate of drug-likeness (QED) is 0.509. The van der Waals surface area contributed by atoms with Crippen LogP contribution in [0.3, 0.4) is 0 Å². The van der Waals surface area contributed by atoms with Crippen molar-refractivity contribution in [2.75, 3.05) is 20.6 Å². The molecule has 6 heteroatoms. The predicted octanol–water partition coefficient (Wildman–Crippen LogP) is 4.21. The summed E-state index contributed by atoms with van der Waals surface area (Å²) in [6.07, 6.45) is 1.72. The molecule has 4 rings (SSSR count). The molecule has 0 atom stereocenters. The first-order chi connectivity index (χ1) is 14.4. The number of rotatable bonds is 3. The number of nitrogens with one attached hydrogen (secondary N) is 1. The fourth-order valence-electron chi connectivity index (χ4n) is 3.29. The number of nitrogens with zero attached hydrogens (tertiary/aromatic N) is 3. The summed E-state index contributed by atoms with van der Waals surface area (Å²) < 4.78 is 1.42. The van der Waals surface area contributed by atoms with Crippen molar-refractivity contribution in [1.82, 2.24) is 19.7 Å². The Kier molecular flexibility index (Phi) is 5.45. The normalized spacial score (nSPS) is 11.0. The number of fused-ring (bicyclic) bond motifs is 1. The minimum atomic E-state index is -0.170. The smallest absolute Gasteiger partial charge is 0.282 e. The molecule has 2 aliphatic heterocycles. The van der Waals surface area contributed by atoms with Gasteiger partial charge in [0.1, 0.15) is 5.69 Å². The molecular weight excluding hydrogens is 396 g/mol. The highest BCUT2D eigenvalue weighted by Gasteiger charge is 2.22. The highest BCUT2D eigenvalue weighted by Crippen LogP contribution is 2.32. The molecule has 0 radical (unpaired) electrons. The topological polar surface area (TPSA) is 53.9 Å². The van der Waals surface area contributed by atoms with Crippen LogP contribution in [0, 0.1) is 18.8 Å². The molecule has 5 nitrogen and oxygen atoms in total. The Morgan fingerprint density at radius 1 is 1.10 bits per heavy atom. The zero-order valence-electron chi connectivity index (χ0n) is 17.0. The van der Waals surface area contributed by atoms with E-state index in [-0.39, 0.29) is 5.56 Å². The minimum absolute atomic E-state index is 0.170. The Labute approximate surface area is 180 Å². The summed E-state index contributed by atoms with van der Waals surface area (Å²) in [6, 6.07) is 15.1. The van der Waals surface area contributed by atoms with Crippen LogP contribution in [-0.2, 0) is 0 Å². The van der Waals surface area contributed by atoms with E-state index in [1.165, 1.54) is 4.68 Å². The molecule has 0 aliphatic carbocycles. The lowest BCUT2D eigenvalue weighted by atomic mass is 9.98. The third-order valence-corrected chi connectivity index (χ3v) is 5.05. The van der Waals surface area contributed by atoms with Gasteiger partial charge in [-0.2, -0.15) is 9.78 Å². The molecule has 0 fully saturated rings. The lowest BCUT2D eigenvalue weighted by Gasteiger charge is -2.10. The molecule has 0 saturated carbocycles. The second-order valence-electron chi connectivity index (χ2n) is 7.36. The number of hydrogen-bond acceptors (Lipinski definition) is 3. The molecule has 1 N–H and O–H groups in total. The maximum atomic E-state index is 13.0. The third-order valence-electron chi connectivity index (χ3n) is 4.80. The first-order valence-electron chi connectivity index (χ1n) is 9.55. The van der Waals surface area contributed by atoms with Crippen molar-refractivity contribution in [2.45, 2.75) is 6.92 Å². The van der Waals surface area contributed by atoms with Gasteiger partial charge in [0.2, 0.25) is 0 Å². The van der Waals surface area contributed by atoms with Gasteiger partial charge in [-0.15, -0.1) is 0 Å². The first kappa shape index (κ1) is 20.0. The molecule has 0 saturated heterocycles. The van der Waals surface area contributed by atoms with Crippen LogP contribution in [-0.4, -0.2) is 40.3 Å². The van der Waals surface area contributed by atoms with Gasteiger partial charge in [0.15, 0.2) is 0 Å². The monoisotopic (exact) mass is 416 g/mol. The molecule has 0 bridgehead atoms. The van der Waals surface area contributed by atoms with Gasteiger partial charge in [-0.05, 0) is 63.0 Å². The summed E-state index contributed by atoms with van der Waals surface area (Å²) in [5.74, 6) is 6.30. The number of H-pyrrole nitrogens is 1. The SMILES string of the molecule is Cc1[nH]cc2c(=O)n(-c3ccc(Cl)cc3)nc-2c1-c1ccc(C#CCN(C)C)cc1. The standard InChI is InChI=1S/C24H21ClN4O/c1-16-22(18-8-6-17(7-9-18)5-4-14-28(2)3)23-21(15-26-16)24(30)29(27-23)20-12-10-19(25)11-13-20/h6-13,15,26H,14H2,1-3H3. The molecule has 150 valence electrons. The van der Waals surface area contributed by atoms with Crippen molar-refractivity contribution in [2.24, 2.45) is 0 Å². The highest BCUT2D eigenvalue weighted by molar-refractivity contribution is 6.30. The molecular formula is C24H21ClN4O. The van der Waals surface area contributed by atoms with Crippen molar-refractivity contribution in [1.29, 1.82) is 0 Å².